The Labute approximate surface area is 153 Å². The molecule has 2 aromatic rings. The van der Waals surface area contributed by atoms with Gasteiger partial charge in [0.2, 0.25) is 0 Å². The van der Waals surface area contributed by atoms with E-state index in [0.29, 0.717) is 11.1 Å². The molecule has 0 bridgehead atoms. The molecule has 0 saturated carbocycles. The van der Waals surface area contributed by atoms with Crippen LogP contribution in [0.2, 0.25) is 0 Å². The largest absolute Gasteiger partial charge is 0.478 e. The number of nitrogens with zero attached hydrogens (tertiary/aromatic N) is 2. The third-order valence-corrected chi connectivity index (χ3v) is 5.08. The summed E-state index contributed by atoms with van der Waals surface area (Å²) >= 11 is 0. The summed E-state index contributed by atoms with van der Waals surface area (Å²) in [5.41, 5.74) is 4.13. The minimum atomic E-state index is -0.916. The molecule has 0 spiro atoms. The van der Waals surface area contributed by atoms with Crippen molar-refractivity contribution in [3.8, 4) is 6.07 Å². The van der Waals surface area contributed by atoms with Crippen molar-refractivity contribution >= 4 is 17.3 Å². The molecule has 3 rings (SSSR count). The van der Waals surface area contributed by atoms with E-state index in [4.69, 9.17) is 0 Å². The second-order valence-electron chi connectivity index (χ2n) is 6.69. The molecule has 1 aliphatic heterocycles. The Balaban J connectivity index is 2.20. The predicted octanol–water partition coefficient (Wildman–Crippen LogP) is 3.76. The van der Waals surface area contributed by atoms with E-state index in [-0.39, 0.29) is 6.04 Å². The van der Waals surface area contributed by atoms with Crippen molar-refractivity contribution in [1.29, 1.82) is 5.26 Å². The van der Waals surface area contributed by atoms with Crippen LogP contribution in [-0.2, 0) is 0 Å². The summed E-state index contributed by atoms with van der Waals surface area (Å²) < 4.78 is 0. The van der Waals surface area contributed by atoms with Crippen LogP contribution in [0.3, 0.4) is 0 Å². The average Bonchev–Trinajstić information content (AvgIpc) is 2.65. The fourth-order valence-electron chi connectivity index (χ4n) is 3.79. The van der Waals surface area contributed by atoms with Gasteiger partial charge in [0, 0.05) is 11.7 Å². The Hall–Kier alpha value is -2.84. The Morgan fingerprint density at radius 1 is 1.15 bits per heavy atom. The van der Waals surface area contributed by atoms with Gasteiger partial charge >= 0.3 is 5.97 Å². The molecule has 2 aromatic carbocycles. The number of piperidine rings is 1. The first-order chi connectivity index (χ1) is 12.5. The molecular formula is C21H23N3O2. The highest BCUT2D eigenvalue weighted by Crippen LogP contribution is 2.37. The monoisotopic (exact) mass is 349 g/mol. The van der Waals surface area contributed by atoms with Gasteiger partial charge in [0.25, 0.3) is 0 Å². The summed E-state index contributed by atoms with van der Waals surface area (Å²) in [7, 11) is 0. The van der Waals surface area contributed by atoms with E-state index in [0.717, 1.165) is 48.4 Å². The smallest absolute Gasteiger partial charge is 0.336 e. The van der Waals surface area contributed by atoms with Gasteiger partial charge in [-0.25, -0.2) is 4.79 Å². The van der Waals surface area contributed by atoms with Crippen LogP contribution >= 0.6 is 0 Å². The summed E-state index contributed by atoms with van der Waals surface area (Å²) in [5.74, 6) is -0.916. The topological polar surface area (TPSA) is 76.4 Å². The van der Waals surface area contributed by atoms with E-state index >= 15 is 0 Å². The molecule has 2 N–H and O–H groups in total. The molecule has 0 atom stereocenters. The van der Waals surface area contributed by atoms with Gasteiger partial charge in [0.1, 0.15) is 6.07 Å². The maximum absolute atomic E-state index is 11.8. The van der Waals surface area contributed by atoms with E-state index in [1.807, 2.05) is 50.2 Å². The van der Waals surface area contributed by atoms with Crippen molar-refractivity contribution in [1.82, 2.24) is 5.32 Å². The quantitative estimate of drug-likeness (QED) is 0.879. The van der Waals surface area contributed by atoms with Crippen LogP contribution in [0.4, 0.5) is 11.4 Å². The van der Waals surface area contributed by atoms with Crippen LogP contribution in [0.15, 0.2) is 36.4 Å². The number of nitrogens with one attached hydrogen (secondary N) is 1. The van der Waals surface area contributed by atoms with E-state index in [2.05, 4.69) is 16.3 Å². The van der Waals surface area contributed by atoms with Gasteiger partial charge in [0.05, 0.1) is 16.8 Å². The Morgan fingerprint density at radius 3 is 2.50 bits per heavy atom. The van der Waals surface area contributed by atoms with Crippen molar-refractivity contribution in [3.63, 3.8) is 0 Å². The number of hydrogen-bond acceptors (Lipinski definition) is 4. The van der Waals surface area contributed by atoms with Crippen LogP contribution in [0.25, 0.3) is 0 Å². The second-order valence-corrected chi connectivity index (χ2v) is 6.69. The summed E-state index contributed by atoms with van der Waals surface area (Å²) in [6, 6.07) is 13.9. The van der Waals surface area contributed by atoms with Crippen LogP contribution < -0.4 is 10.2 Å². The number of carbonyl (C=O) groups is 1. The number of aromatic carboxylic acids is 1. The highest BCUT2D eigenvalue weighted by atomic mass is 16.4. The van der Waals surface area contributed by atoms with E-state index in [1.54, 1.807) is 0 Å². The SMILES string of the molecule is Cc1ccc(N(c2ccccc2C#N)C2CCNCC2)c(C)c1C(=O)O. The van der Waals surface area contributed by atoms with Crippen LogP contribution in [0.5, 0.6) is 0 Å². The van der Waals surface area contributed by atoms with E-state index < -0.39 is 5.97 Å². The second kappa shape index (κ2) is 7.59. The molecule has 5 heteroatoms. The van der Waals surface area contributed by atoms with Gasteiger partial charge in [-0.05, 0) is 69.1 Å². The number of para-hydroxylation sites is 1. The molecular weight excluding hydrogens is 326 g/mol. The van der Waals surface area contributed by atoms with Crippen molar-refractivity contribution in [2.24, 2.45) is 0 Å². The van der Waals surface area contributed by atoms with Gasteiger partial charge in [-0.15, -0.1) is 0 Å². The number of nitriles is 1. The maximum Gasteiger partial charge on any atom is 0.336 e. The molecule has 0 unspecified atom stereocenters. The van der Waals surface area contributed by atoms with Crippen LogP contribution in [0, 0.1) is 25.2 Å². The first-order valence-corrected chi connectivity index (χ1v) is 8.87. The molecule has 0 aliphatic carbocycles. The first kappa shape index (κ1) is 18.0. The fourth-order valence-corrected chi connectivity index (χ4v) is 3.79. The number of anilines is 2. The minimum absolute atomic E-state index is 0.216. The summed E-state index contributed by atoms with van der Waals surface area (Å²) in [5, 5.41) is 22.6. The Bertz CT molecular complexity index is 864. The molecule has 26 heavy (non-hydrogen) atoms. The number of rotatable bonds is 4. The normalized spacial score (nSPS) is 14.7. The molecule has 1 aliphatic rings. The van der Waals surface area contributed by atoms with E-state index in [9.17, 15) is 15.2 Å². The third kappa shape index (κ3) is 3.29. The van der Waals surface area contributed by atoms with Crippen LogP contribution in [-0.4, -0.2) is 30.2 Å². The third-order valence-electron chi connectivity index (χ3n) is 5.08. The van der Waals surface area contributed by atoms with Gasteiger partial charge in [-0.2, -0.15) is 5.26 Å². The van der Waals surface area contributed by atoms with Gasteiger partial charge in [-0.3, -0.25) is 0 Å². The predicted molar refractivity (Wildman–Crippen MR) is 102 cm³/mol. The van der Waals surface area contributed by atoms with Crippen LogP contribution in [0.1, 0.15) is 39.9 Å². The van der Waals surface area contributed by atoms with Crippen molar-refractivity contribution in [2.75, 3.05) is 18.0 Å². The number of carboxylic acids is 1. The van der Waals surface area contributed by atoms with Gasteiger partial charge in [-0.1, -0.05) is 18.2 Å². The molecule has 0 aromatic heterocycles. The molecule has 1 heterocycles. The summed E-state index contributed by atoms with van der Waals surface area (Å²) in [4.78, 5) is 13.9. The lowest BCUT2D eigenvalue weighted by Gasteiger charge is -2.38. The average molecular weight is 349 g/mol. The fraction of sp³-hybridized carbons (Fsp3) is 0.333. The van der Waals surface area contributed by atoms with Crippen molar-refractivity contribution in [2.45, 2.75) is 32.7 Å². The number of benzene rings is 2. The molecule has 0 radical (unpaired) electrons. The van der Waals surface area contributed by atoms with Crippen molar-refractivity contribution in [3.05, 3.63) is 58.7 Å². The summed E-state index contributed by atoms with van der Waals surface area (Å²) in [6.07, 6.45) is 1.88. The van der Waals surface area contributed by atoms with Crippen molar-refractivity contribution < 1.29 is 9.90 Å². The Kier molecular flexibility index (Phi) is 5.24. The lowest BCUT2D eigenvalue weighted by Crippen LogP contribution is -2.41. The van der Waals surface area contributed by atoms with Gasteiger partial charge < -0.3 is 15.3 Å². The van der Waals surface area contributed by atoms with E-state index in [1.165, 1.54) is 0 Å². The first-order valence-electron chi connectivity index (χ1n) is 8.87. The zero-order chi connectivity index (χ0) is 18.7. The van der Waals surface area contributed by atoms with Gasteiger partial charge in [0.15, 0.2) is 0 Å². The minimum Gasteiger partial charge on any atom is -0.478 e. The number of hydrogen-bond donors (Lipinski definition) is 2. The molecule has 1 fully saturated rings. The lowest BCUT2D eigenvalue weighted by molar-refractivity contribution is 0.0695. The molecule has 5 nitrogen and oxygen atoms in total. The summed E-state index contributed by atoms with van der Waals surface area (Å²) in [6.45, 7) is 5.49. The molecule has 0 amide bonds. The number of carboxylic acid groups (broad SMARTS) is 1. The maximum atomic E-state index is 11.8. The number of aryl methyl sites for hydroxylation is 1. The zero-order valence-corrected chi connectivity index (χ0v) is 15.1. The lowest BCUT2D eigenvalue weighted by atomic mass is 9.96. The highest BCUT2D eigenvalue weighted by molar-refractivity contribution is 5.93. The standard InChI is InChI=1S/C21H23N3O2/c1-14-7-8-18(15(2)20(14)21(25)26)24(17-9-11-23-12-10-17)19-6-4-3-5-16(19)13-22/h3-8,17,23H,9-12H2,1-2H3,(H,25,26). The molecule has 1 saturated heterocycles. The highest BCUT2D eigenvalue weighted by Gasteiger charge is 2.27. The molecule has 134 valence electrons. The zero-order valence-electron chi connectivity index (χ0n) is 15.1. The Morgan fingerprint density at radius 2 is 1.85 bits per heavy atom.